The van der Waals surface area contributed by atoms with E-state index in [-0.39, 0.29) is 11.9 Å². The summed E-state index contributed by atoms with van der Waals surface area (Å²) >= 11 is 0. The van der Waals surface area contributed by atoms with Crippen molar-refractivity contribution < 1.29 is 13.9 Å². The van der Waals surface area contributed by atoms with Crippen LogP contribution in [-0.2, 0) is 4.74 Å². The summed E-state index contributed by atoms with van der Waals surface area (Å²) < 4.78 is 24.1. The molecule has 3 nitrogen and oxygen atoms in total. The van der Waals surface area contributed by atoms with Crippen LogP contribution in [0.1, 0.15) is 6.42 Å². The highest BCUT2D eigenvalue weighted by atomic mass is 19.1. The first-order valence-electron chi connectivity index (χ1n) is 5.56. The van der Waals surface area contributed by atoms with Gasteiger partial charge in [0.1, 0.15) is 0 Å². The first kappa shape index (κ1) is 11.4. The number of hydrogen-bond acceptors (Lipinski definition) is 3. The smallest absolute Gasteiger partial charge is 0.165 e. The zero-order valence-corrected chi connectivity index (χ0v) is 9.12. The molecular weight excluding hydrogens is 209 g/mol. The molecule has 0 amide bonds. The Labute approximate surface area is 94.6 Å². The Bertz CT molecular complexity index is 327. The Balaban J connectivity index is 1.73. The van der Waals surface area contributed by atoms with E-state index in [4.69, 9.17) is 9.47 Å². The summed E-state index contributed by atoms with van der Waals surface area (Å²) in [4.78, 5) is 0. The van der Waals surface area contributed by atoms with Gasteiger partial charge in [0, 0.05) is 19.5 Å². The van der Waals surface area contributed by atoms with Gasteiger partial charge in [0.15, 0.2) is 11.6 Å². The second-order valence-electron chi connectivity index (χ2n) is 3.76. The van der Waals surface area contributed by atoms with Crippen LogP contribution < -0.4 is 10.1 Å². The van der Waals surface area contributed by atoms with E-state index < -0.39 is 0 Å². The lowest BCUT2D eigenvalue weighted by atomic mass is 10.2. The van der Waals surface area contributed by atoms with E-state index >= 15 is 0 Å². The fraction of sp³-hybridized carbons (Fsp3) is 0.500. The van der Waals surface area contributed by atoms with E-state index in [0.29, 0.717) is 12.4 Å². The number of rotatable bonds is 4. The van der Waals surface area contributed by atoms with Gasteiger partial charge < -0.3 is 14.8 Å². The van der Waals surface area contributed by atoms with Crippen molar-refractivity contribution in [3.05, 3.63) is 30.1 Å². The molecule has 1 unspecified atom stereocenters. The van der Waals surface area contributed by atoms with E-state index in [9.17, 15) is 4.39 Å². The van der Waals surface area contributed by atoms with Crippen LogP contribution in [0, 0.1) is 5.82 Å². The molecule has 0 aromatic heterocycles. The van der Waals surface area contributed by atoms with Crippen LogP contribution in [0.25, 0.3) is 0 Å². The summed E-state index contributed by atoms with van der Waals surface area (Å²) in [5.74, 6) is -0.00328. The second kappa shape index (κ2) is 5.82. The Morgan fingerprint density at radius 2 is 2.31 bits per heavy atom. The summed E-state index contributed by atoms with van der Waals surface area (Å²) in [5.41, 5.74) is 0. The third kappa shape index (κ3) is 3.18. The number of para-hydroxylation sites is 1. The van der Waals surface area contributed by atoms with E-state index in [1.54, 1.807) is 18.2 Å². The van der Waals surface area contributed by atoms with Gasteiger partial charge in [0.25, 0.3) is 0 Å². The molecule has 1 heterocycles. The molecule has 0 radical (unpaired) electrons. The van der Waals surface area contributed by atoms with Crippen molar-refractivity contribution in [1.29, 1.82) is 0 Å². The molecule has 1 aromatic carbocycles. The maximum Gasteiger partial charge on any atom is 0.165 e. The number of nitrogens with one attached hydrogen (secondary N) is 1. The quantitative estimate of drug-likeness (QED) is 0.844. The van der Waals surface area contributed by atoms with Crippen LogP contribution in [0.5, 0.6) is 5.75 Å². The van der Waals surface area contributed by atoms with Crippen LogP contribution in [0.2, 0.25) is 0 Å². The van der Waals surface area contributed by atoms with Gasteiger partial charge in [-0.25, -0.2) is 4.39 Å². The molecule has 1 fully saturated rings. The summed E-state index contributed by atoms with van der Waals surface area (Å²) in [5, 5.41) is 3.24. The number of halogens is 1. The monoisotopic (exact) mass is 225 g/mol. The van der Waals surface area contributed by atoms with Crippen molar-refractivity contribution in [1.82, 2.24) is 5.32 Å². The standard InChI is InChI=1S/C12H16FNO2/c13-11-3-1-2-4-12(11)16-7-5-10-9-14-6-8-15-10/h1-4,10,14H,5-9H2. The fourth-order valence-electron chi connectivity index (χ4n) is 1.67. The van der Waals surface area contributed by atoms with Crippen LogP contribution in [0.4, 0.5) is 4.39 Å². The molecule has 1 aromatic rings. The van der Waals surface area contributed by atoms with Gasteiger partial charge in [0.2, 0.25) is 0 Å². The topological polar surface area (TPSA) is 30.5 Å². The molecule has 1 saturated heterocycles. The molecule has 0 bridgehead atoms. The maximum atomic E-state index is 13.2. The molecule has 16 heavy (non-hydrogen) atoms. The molecule has 1 aliphatic rings. The third-order valence-electron chi connectivity index (χ3n) is 2.54. The maximum absolute atomic E-state index is 13.2. The Morgan fingerprint density at radius 3 is 3.06 bits per heavy atom. The predicted octanol–water partition coefficient (Wildman–Crippen LogP) is 1.58. The van der Waals surface area contributed by atoms with Crippen molar-refractivity contribution in [2.75, 3.05) is 26.3 Å². The number of ether oxygens (including phenoxy) is 2. The Morgan fingerprint density at radius 1 is 1.44 bits per heavy atom. The number of morpholine rings is 1. The van der Waals surface area contributed by atoms with Crippen LogP contribution >= 0.6 is 0 Å². The van der Waals surface area contributed by atoms with Gasteiger partial charge in [-0.1, -0.05) is 12.1 Å². The van der Waals surface area contributed by atoms with Crippen molar-refractivity contribution in [3.63, 3.8) is 0 Å². The molecule has 0 saturated carbocycles. The molecule has 1 aliphatic heterocycles. The van der Waals surface area contributed by atoms with Gasteiger partial charge in [-0.15, -0.1) is 0 Å². The van der Waals surface area contributed by atoms with Crippen molar-refractivity contribution in [2.24, 2.45) is 0 Å². The predicted molar refractivity (Wildman–Crippen MR) is 59.1 cm³/mol. The molecule has 0 spiro atoms. The van der Waals surface area contributed by atoms with E-state index in [2.05, 4.69) is 5.32 Å². The largest absolute Gasteiger partial charge is 0.490 e. The van der Waals surface area contributed by atoms with Gasteiger partial charge in [0.05, 0.1) is 19.3 Å². The second-order valence-corrected chi connectivity index (χ2v) is 3.76. The van der Waals surface area contributed by atoms with Gasteiger partial charge >= 0.3 is 0 Å². The molecule has 0 aliphatic carbocycles. The normalized spacial score (nSPS) is 20.7. The number of hydrogen-bond donors (Lipinski definition) is 1. The molecular formula is C12H16FNO2. The Hall–Kier alpha value is -1.13. The first-order chi connectivity index (χ1) is 7.86. The van der Waals surface area contributed by atoms with Crippen molar-refractivity contribution in [3.8, 4) is 5.75 Å². The summed E-state index contributed by atoms with van der Waals surface area (Å²) in [6.07, 6.45) is 0.960. The average molecular weight is 225 g/mol. The minimum Gasteiger partial charge on any atom is -0.490 e. The van der Waals surface area contributed by atoms with E-state index in [1.807, 2.05) is 0 Å². The molecule has 4 heteroatoms. The van der Waals surface area contributed by atoms with Crippen molar-refractivity contribution >= 4 is 0 Å². The molecule has 2 rings (SSSR count). The number of benzene rings is 1. The average Bonchev–Trinajstić information content (AvgIpc) is 2.33. The van der Waals surface area contributed by atoms with Crippen LogP contribution in [-0.4, -0.2) is 32.4 Å². The first-order valence-corrected chi connectivity index (χ1v) is 5.56. The molecule has 1 atom stereocenters. The highest BCUT2D eigenvalue weighted by Gasteiger charge is 2.13. The zero-order chi connectivity index (χ0) is 11.2. The highest BCUT2D eigenvalue weighted by molar-refractivity contribution is 5.23. The van der Waals surface area contributed by atoms with Crippen LogP contribution in [0.15, 0.2) is 24.3 Å². The van der Waals surface area contributed by atoms with E-state index in [0.717, 1.165) is 26.1 Å². The molecule has 1 N–H and O–H groups in total. The SMILES string of the molecule is Fc1ccccc1OCCC1CNCCO1. The summed E-state index contributed by atoms with van der Waals surface area (Å²) in [6.45, 7) is 2.98. The van der Waals surface area contributed by atoms with Crippen molar-refractivity contribution in [2.45, 2.75) is 12.5 Å². The summed E-state index contributed by atoms with van der Waals surface area (Å²) in [7, 11) is 0. The minimum absolute atomic E-state index is 0.181. The van der Waals surface area contributed by atoms with Gasteiger partial charge in [-0.05, 0) is 12.1 Å². The lowest BCUT2D eigenvalue weighted by molar-refractivity contribution is 0.0156. The Kier molecular flexibility index (Phi) is 4.13. The van der Waals surface area contributed by atoms with Crippen LogP contribution in [0.3, 0.4) is 0 Å². The lowest BCUT2D eigenvalue weighted by Gasteiger charge is -2.23. The lowest BCUT2D eigenvalue weighted by Crippen LogP contribution is -2.39. The van der Waals surface area contributed by atoms with E-state index in [1.165, 1.54) is 6.07 Å². The van der Waals surface area contributed by atoms with Gasteiger partial charge in [-0.2, -0.15) is 0 Å². The zero-order valence-electron chi connectivity index (χ0n) is 9.12. The minimum atomic E-state index is -0.315. The molecule has 88 valence electrons. The third-order valence-corrected chi connectivity index (χ3v) is 2.54. The summed E-state index contributed by atoms with van der Waals surface area (Å²) in [6, 6.07) is 6.44. The highest BCUT2D eigenvalue weighted by Crippen LogP contribution is 2.15. The van der Waals surface area contributed by atoms with Gasteiger partial charge in [-0.3, -0.25) is 0 Å². The fourth-order valence-corrected chi connectivity index (χ4v) is 1.67.